The number of amides is 1. The van der Waals surface area contributed by atoms with E-state index in [0.717, 1.165) is 12.1 Å². The molecule has 1 aliphatic rings. The monoisotopic (exact) mass is 370 g/mol. The van der Waals surface area contributed by atoms with Crippen LogP contribution >= 0.6 is 11.6 Å². The maximum absolute atomic E-state index is 13.0. The van der Waals surface area contributed by atoms with Gasteiger partial charge in [0.1, 0.15) is 11.8 Å². The lowest BCUT2D eigenvalue weighted by atomic mass is 10.0. The first-order chi connectivity index (χ1) is 11.7. The van der Waals surface area contributed by atoms with Gasteiger partial charge in [0.15, 0.2) is 0 Å². The van der Waals surface area contributed by atoms with Gasteiger partial charge in [0.05, 0.1) is 22.6 Å². The number of carbonyl (C=O) groups is 1. The highest BCUT2D eigenvalue weighted by atomic mass is 35.5. The summed E-state index contributed by atoms with van der Waals surface area (Å²) in [5.41, 5.74) is -0.308. The van der Waals surface area contributed by atoms with Crippen molar-refractivity contribution in [2.75, 3.05) is 10.2 Å². The quantitative estimate of drug-likeness (QED) is 0.787. The summed E-state index contributed by atoms with van der Waals surface area (Å²) in [6.45, 7) is 1.74. The van der Waals surface area contributed by atoms with Gasteiger partial charge in [-0.1, -0.05) is 18.5 Å². The molecule has 2 aromatic rings. The summed E-state index contributed by atoms with van der Waals surface area (Å²) in [6.07, 6.45) is -4.13. The molecule has 2 N–H and O–H groups in total. The molecule has 1 heterocycles. The smallest absolute Gasteiger partial charge is 0.416 e. The van der Waals surface area contributed by atoms with E-state index in [4.69, 9.17) is 11.6 Å². The standard InChI is InChI=1S/C17H14ClF3N2O2/c1-2-11-16(25)23(14-8-10(18)4-6-15(14)24)13-5-3-9(17(19,20)21)7-12(13)22-11/h3-8,11,22,24H,2H2,1H3. The lowest BCUT2D eigenvalue weighted by Crippen LogP contribution is -2.44. The second kappa shape index (κ2) is 6.15. The normalized spacial score (nSPS) is 17.2. The first-order valence-corrected chi connectivity index (χ1v) is 7.90. The molecule has 25 heavy (non-hydrogen) atoms. The average Bonchev–Trinajstić information content (AvgIpc) is 2.55. The van der Waals surface area contributed by atoms with E-state index >= 15 is 0 Å². The number of fused-ring (bicyclic) bond motifs is 1. The molecule has 1 amide bonds. The van der Waals surface area contributed by atoms with Gasteiger partial charge < -0.3 is 10.4 Å². The van der Waals surface area contributed by atoms with E-state index in [0.29, 0.717) is 11.4 Å². The fourth-order valence-electron chi connectivity index (χ4n) is 2.75. The summed E-state index contributed by atoms with van der Waals surface area (Å²) < 4.78 is 39.0. The molecule has 8 heteroatoms. The zero-order valence-corrected chi connectivity index (χ0v) is 13.8. The highest BCUT2D eigenvalue weighted by Crippen LogP contribution is 2.44. The molecule has 0 bridgehead atoms. The van der Waals surface area contributed by atoms with Crippen LogP contribution in [0.3, 0.4) is 0 Å². The van der Waals surface area contributed by atoms with Gasteiger partial charge in [-0.2, -0.15) is 13.2 Å². The predicted octanol–water partition coefficient (Wildman–Crippen LogP) is 4.93. The Kier molecular flexibility index (Phi) is 4.28. The van der Waals surface area contributed by atoms with Crippen LogP contribution in [0.1, 0.15) is 18.9 Å². The van der Waals surface area contributed by atoms with E-state index in [1.807, 2.05) is 0 Å². The second-order valence-electron chi connectivity index (χ2n) is 5.64. The molecule has 0 aromatic heterocycles. The number of nitrogens with one attached hydrogen (secondary N) is 1. The third kappa shape index (κ3) is 3.11. The number of halogens is 4. The van der Waals surface area contributed by atoms with Gasteiger partial charge in [-0.15, -0.1) is 0 Å². The van der Waals surface area contributed by atoms with Gasteiger partial charge in [-0.3, -0.25) is 9.69 Å². The zero-order chi connectivity index (χ0) is 18.4. The van der Waals surface area contributed by atoms with Crippen molar-refractivity contribution in [3.63, 3.8) is 0 Å². The number of anilines is 3. The van der Waals surface area contributed by atoms with Crippen LogP contribution in [-0.2, 0) is 11.0 Å². The molecule has 132 valence electrons. The molecular weight excluding hydrogens is 357 g/mol. The van der Waals surface area contributed by atoms with Gasteiger partial charge in [0, 0.05) is 5.02 Å². The van der Waals surface area contributed by atoms with E-state index in [-0.39, 0.29) is 28.7 Å². The molecule has 1 aliphatic heterocycles. The molecule has 1 atom stereocenters. The Hall–Kier alpha value is -2.41. The Morgan fingerprint density at radius 1 is 1.20 bits per heavy atom. The molecule has 0 radical (unpaired) electrons. The fraction of sp³-hybridized carbons (Fsp3) is 0.235. The van der Waals surface area contributed by atoms with E-state index in [9.17, 15) is 23.1 Å². The van der Waals surface area contributed by atoms with Crippen molar-refractivity contribution in [3.05, 3.63) is 47.0 Å². The number of aromatic hydroxyl groups is 1. The SMILES string of the molecule is CCC1Nc2cc(C(F)(F)F)ccc2N(c2cc(Cl)ccc2O)C1=O. The molecule has 0 spiro atoms. The van der Waals surface area contributed by atoms with Crippen LogP contribution in [0.4, 0.5) is 30.2 Å². The van der Waals surface area contributed by atoms with Crippen molar-refractivity contribution >= 4 is 34.6 Å². The molecular formula is C17H14ClF3N2O2. The van der Waals surface area contributed by atoms with E-state index in [1.54, 1.807) is 6.92 Å². The zero-order valence-electron chi connectivity index (χ0n) is 13.1. The van der Waals surface area contributed by atoms with Crippen LogP contribution in [0, 0.1) is 0 Å². The van der Waals surface area contributed by atoms with Crippen LogP contribution in [0.15, 0.2) is 36.4 Å². The van der Waals surface area contributed by atoms with Crippen molar-refractivity contribution in [1.82, 2.24) is 0 Å². The Labute approximate surface area is 146 Å². The first-order valence-electron chi connectivity index (χ1n) is 7.52. The molecule has 3 rings (SSSR count). The number of benzene rings is 2. The number of phenolic OH excluding ortho intramolecular Hbond substituents is 1. The van der Waals surface area contributed by atoms with Gasteiger partial charge in [0.25, 0.3) is 5.91 Å². The fourth-order valence-corrected chi connectivity index (χ4v) is 2.91. The minimum Gasteiger partial charge on any atom is -0.506 e. The van der Waals surface area contributed by atoms with Crippen LogP contribution in [0.25, 0.3) is 0 Å². The summed E-state index contributed by atoms with van der Waals surface area (Å²) in [7, 11) is 0. The topological polar surface area (TPSA) is 52.6 Å². The third-order valence-electron chi connectivity index (χ3n) is 4.00. The summed E-state index contributed by atoms with van der Waals surface area (Å²) in [4.78, 5) is 13.9. The number of nitrogens with zero attached hydrogens (tertiary/aromatic N) is 1. The Balaban J connectivity index is 2.19. The number of alkyl halides is 3. The molecule has 0 saturated carbocycles. The van der Waals surface area contributed by atoms with Crippen molar-refractivity contribution in [2.45, 2.75) is 25.6 Å². The second-order valence-corrected chi connectivity index (χ2v) is 6.08. The molecule has 2 aromatic carbocycles. The van der Waals surface area contributed by atoms with E-state index in [2.05, 4.69) is 5.32 Å². The average molecular weight is 371 g/mol. The molecule has 0 aliphatic carbocycles. The van der Waals surface area contributed by atoms with Crippen molar-refractivity contribution in [2.24, 2.45) is 0 Å². The lowest BCUT2D eigenvalue weighted by Gasteiger charge is -2.35. The summed E-state index contributed by atoms with van der Waals surface area (Å²) in [5, 5.41) is 13.2. The first kappa shape index (κ1) is 17.4. The minimum absolute atomic E-state index is 0.124. The van der Waals surface area contributed by atoms with Crippen LogP contribution in [0.2, 0.25) is 5.02 Å². The highest BCUT2D eigenvalue weighted by molar-refractivity contribution is 6.31. The Morgan fingerprint density at radius 2 is 1.92 bits per heavy atom. The van der Waals surface area contributed by atoms with Gasteiger partial charge in [0.2, 0.25) is 0 Å². The molecule has 1 unspecified atom stereocenters. The van der Waals surface area contributed by atoms with Gasteiger partial charge in [-0.25, -0.2) is 0 Å². The van der Waals surface area contributed by atoms with Crippen molar-refractivity contribution in [3.8, 4) is 5.75 Å². The van der Waals surface area contributed by atoms with Gasteiger partial charge in [-0.05, 0) is 42.8 Å². The molecule has 4 nitrogen and oxygen atoms in total. The highest BCUT2D eigenvalue weighted by Gasteiger charge is 2.37. The van der Waals surface area contributed by atoms with Gasteiger partial charge >= 0.3 is 6.18 Å². The summed E-state index contributed by atoms with van der Waals surface area (Å²) in [5.74, 6) is -0.576. The lowest BCUT2D eigenvalue weighted by molar-refractivity contribution is -0.137. The van der Waals surface area contributed by atoms with E-state index < -0.39 is 17.8 Å². The number of carbonyl (C=O) groups excluding carboxylic acids is 1. The maximum Gasteiger partial charge on any atom is 0.416 e. The number of phenols is 1. The van der Waals surface area contributed by atoms with Crippen LogP contribution in [-0.4, -0.2) is 17.1 Å². The van der Waals surface area contributed by atoms with Crippen LogP contribution in [0.5, 0.6) is 5.75 Å². The largest absolute Gasteiger partial charge is 0.506 e. The maximum atomic E-state index is 13.0. The van der Waals surface area contributed by atoms with Crippen LogP contribution < -0.4 is 10.2 Å². The predicted molar refractivity (Wildman–Crippen MR) is 89.4 cm³/mol. The molecule has 0 saturated heterocycles. The Bertz CT molecular complexity index is 839. The van der Waals surface area contributed by atoms with Crippen molar-refractivity contribution < 1.29 is 23.1 Å². The number of hydrogen-bond donors (Lipinski definition) is 2. The van der Waals surface area contributed by atoms with Crippen molar-refractivity contribution in [1.29, 1.82) is 0 Å². The summed E-state index contributed by atoms with van der Waals surface area (Å²) >= 11 is 5.95. The number of hydrogen-bond acceptors (Lipinski definition) is 3. The minimum atomic E-state index is -4.50. The number of rotatable bonds is 2. The third-order valence-corrected chi connectivity index (χ3v) is 4.23. The molecule has 0 fully saturated rings. The Morgan fingerprint density at radius 3 is 2.56 bits per heavy atom. The summed E-state index contributed by atoms with van der Waals surface area (Å²) in [6, 6.07) is 6.53. The van der Waals surface area contributed by atoms with E-state index in [1.165, 1.54) is 29.2 Å².